The maximum absolute atomic E-state index is 12.4. The van der Waals surface area contributed by atoms with Crippen molar-refractivity contribution in [3.63, 3.8) is 0 Å². The molecule has 1 fully saturated rings. The minimum atomic E-state index is -0.919. The first-order valence-corrected chi connectivity index (χ1v) is 13.4. The van der Waals surface area contributed by atoms with E-state index in [-0.39, 0.29) is 6.67 Å². The Labute approximate surface area is 228 Å². The molecule has 3 aromatic rings. The highest BCUT2D eigenvalue weighted by Crippen LogP contribution is 2.42. The fourth-order valence-corrected chi connectivity index (χ4v) is 5.71. The smallest absolute Gasteiger partial charge is 0.335 e. The van der Waals surface area contributed by atoms with E-state index in [0.717, 1.165) is 77.9 Å². The number of alkyl halides is 1. The Bertz CT molecular complexity index is 1400. The standard InChI is InChI=1S/C32H31ClFNO3/c1-38-26-11-13-28(30(33)18-26)29-5-2-4-24-17-25(32(36)37)10-12-27(24)31(29)23-8-6-21(7-9-23)16-22-19-35(20-22)15-3-14-34/h6-13,16-18H,2-5,14-15,19-20H2,1H3,(H,36,37). The van der Waals surface area contributed by atoms with Gasteiger partial charge in [-0.05, 0) is 101 Å². The Morgan fingerprint density at radius 2 is 1.82 bits per heavy atom. The number of hydrogen-bond donors (Lipinski definition) is 1. The number of aromatic carboxylic acids is 1. The van der Waals surface area contributed by atoms with Crippen LogP contribution >= 0.6 is 11.6 Å². The largest absolute Gasteiger partial charge is 0.497 e. The number of aryl methyl sites for hydroxylation is 1. The summed E-state index contributed by atoms with van der Waals surface area (Å²) in [5.41, 5.74) is 9.13. The molecule has 38 heavy (non-hydrogen) atoms. The lowest BCUT2D eigenvalue weighted by Crippen LogP contribution is -2.40. The van der Waals surface area contributed by atoms with Crippen molar-refractivity contribution in [2.24, 2.45) is 0 Å². The Kier molecular flexibility index (Phi) is 7.96. The molecule has 1 saturated heterocycles. The van der Waals surface area contributed by atoms with Crippen LogP contribution in [0.2, 0.25) is 5.02 Å². The number of carboxylic acid groups (broad SMARTS) is 1. The van der Waals surface area contributed by atoms with E-state index in [1.54, 1.807) is 19.2 Å². The molecular weight excluding hydrogens is 501 g/mol. The zero-order valence-electron chi connectivity index (χ0n) is 21.5. The van der Waals surface area contributed by atoms with Gasteiger partial charge in [0.15, 0.2) is 0 Å². The molecule has 0 aromatic heterocycles. The van der Waals surface area contributed by atoms with Gasteiger partial charge in [-0.25, -0.2) is 4.79 Å². The number of hydrogen-bond acceptors (Lipinski definition) is 3. The lowest BCUT2D eigenvalue weighted by atomic mass is 9.87. The lowest BCUT2D eigenvalue weighted by molar-refractivity contribution is 0.0696. The van der Waals surface area contributed by atoms with E-state index in [0.29, 0.717) is 22.8 Å². The summed E-state index contributed by atoms with van der Waals surface area (Å²) in [6.45, 7) is 2.33. The number of carbonyl (C=O) groups is 1. The third kappa shape index (κ3) is 5.54. The maximum Gasteiger partial charge on any atom is 0.335 e. The molecule has 1 aliphatic heterocycles. The van der Waals surface area contributed by atoms with E-state index in [4.69, 9.17) is 16.3 Å². The number of ether oxygens (including phenoxy) is 1. The predicted molar refractivity (Wildman–Crippen MR) is 152 cm³/mol. The van der Waals surface area contributed by atoms with E-state index in [2.05, 4.69) is 35.2 Å². The van der Waals surface area contributed by atoms with Gasteiger partial charge in [0, 0.05) is 19.6 Å². The zero-order valence-corrected chi connectivity index (χ0v) is 22.2. The van der Waals surface area contributed by atoms with Crippen molar-refractivity contribution in [1.29, 1.82) is 0 Å². The van der Waals surface area contributed by atoms with Gasteiger partial charge in [-0.15, -0.1) is 0 Å². The number of nitrogens with zero attached hydrogens (tertiary/aromatic N) is 1. The number of fused-ring (bicyclic) bond motifs is 1. The number of carboxylic acids is 1. The fraction of sp³-hybridized carbons (Fsp3) is 0.281. The summed E-state index contributed by atoms with van der Waals surface area (Å²) >= 11 is 6.77. The van der Waals surface area contributed by atoms with Crippen LogP contribution in [0.1, 0.15) is 57.4 Å². The number of rotatable bonds is 8. The van der Waals surface area contributed by atoms with Crippen LogP contribution in [0.15, 0.2) is 66.2 Å². The van der Waals surface area contributed by atoms with Gasteiger partial charge >= 0.3 is 5.97 Å². The molecule has 3 aromatic carbocycles. The molecule has 0 unspecified atom stereocenters. The summed E-state index contributed by atoms with van der Waals surface area (Å²) in [5, 5.41) is 10.2. The van der Waals surface area contributed by atoms with Crippen molar-refractivity contribution in [2.45, 2.75) is 25.7 Å². The molecule has 5 rings (SSSR count). The Hall–Kier alpha value is -3.41. The second-order valence-corrected chi connectivity index (χ2v) is 10.3. The summed E-state index contributed by atoms with van der Waals surface area (Å²) in [7, 11) is 1.63. The van der Waals surface area contributed by atoms with Gasteiger partial charge in [-0.3, -0.25) is 9.29 Å². The second kappa shape index (κ2) is 11.5. The minimum absolute atomic E-state index is 0.267. The summed E-state index contributed by atoms with van der Waals surface area (Å²) in [5.74, 6) is -0.213. The summed E-state index contributed by atoms with van der Waals surface area (Å²) in [6, 6.07) is 19.7. The normalized spacial score (nSPS) is 15.5. The molecule has 0 bridgehead atoms. The van der Waals surface area contributed by atoms with E-state index < -0.39 is 5.97 Å². The third-order valence-electron chi connectivity index (χ3n) is 7.33. The van der Waals surface area contributed by atoms with Crippen molar-refractivity contribution in [3.05, 3.63) is 105 Å². The van der Waals surface area contributed by atoms with Crippen LogP contribution in [0.5, 0.6) is 5.75 Å². The van der Waals surface area contributed by atoms with Crippen molar-refractivity contribution in [2.75, 3.05) is 33.4 Å². The van der Waals surface area contributed by atoms with Crippen LogP contribution in [0.4, 0.5) is 4.39 Å². The maximum atomic E-state index is 12.4. The highest BCUT2D eigenvalue weighted by atomic mass is 35.5. The average Bonchev–Trinajstić information content (AvgIpc) is 3.09. The van der Waals surface area contributed by atoms with Crippen LogP contribution < -0.4 is 4.74 Å². The molecule has 2 aliphatic rings. The highest BCUT2D eigenvalue weighted by Gasteiger charge is 2.23. The Morgan fingerprint density at radius 1 is 1.05 bits per heavy atom. The first kappa shape index (κ1) is 26.2. The van der Waals surface area contributed by atoms with Gasteiger partial charge in [-0.2, -0.15) is 0 Å². The quantitative estimate of drug-likeness (QED) is 0.329. The fourth-order valence-electron chi connectivity index (χ4n) is 5.43. The first-order chi connectivity index (χ1) is 18.5. The second-order valence-electron chi connectivity index (χ2n) is 9.91. The van der Waals surface area contributed by atoms with E-state index >= 15 is 0 Å². The van der Waals surface area contributed by atoms with Gasteiger partial charge in [0.2, 0.25) is 0 Å². The molecule has 0 atom stereocenters. The van der Waals surface area contributed by atoms with Crippen molar-refractivity contribution >= 4 is 34.8 Å². The van der Waals surface area contributed by atoms with Crippen molar-refractivity contribution < 1.29 is 19.0 Å². The van der Waals surface area contributed by atoms with Gasteiger partial charge in [0.1, 0.15) is 5.75 Å². The van der Waals surface area contributed by atoms with E-state index in [9.17, 15) is 14.3 Å². The summed E-state index contributed by atoms with van der Waals surface area (Å²) < 4.78 is 17.8. The Balaban J connectivity index is 1.55. The molecule has 0 radical (unpaired) electrons. The molecule has 6 heteroatoms. The molecule has 0 saturated carbocycles. The number of allylic oxidation sites excluding steroid dienone is 1. The Morgan fingerprint density at radius 3 is 2.50 bits per heavy atom. The zero-order chi connectivity index (χ0) is 26.6. The summed E-state index contributed by atoms with van der Waals surface area (Å²) in [4.78, 5) is 13.9. The van der Waals surface area contributed by atoms with Gasteiger partial charge in [0.25, 0.3) is 0 Å². The third-order valence-corrected chi connectivity index (χ3v) is 7.64. The first-order valence-electron chi connectivity index (χ1n) is 13.0. The van der Waals surface area contributed by atoms with Gasteiger partial charge in [-0.1, -0.05) is 48.0 Å². The van der Waals surface area contributed by atoms with Crippen molar-refractivity contribution in [3.8, 4) is 5.75 Å². The highest BCUT2D eigenvalue weighted by molar-refractivity contribution is 6.33. The van der Waals surface area contributed by atoms with Crippen LogP contribution in [0.25, 0.3) is 17.2 Å². The van der Waals surface area contributed by atoms with E-state index in [1.807, 2.05) is 24.3 Å². The van der Waals surface area contributed by atoms with Gasteiger partial charge < -0.3 is 9.84 Å². The molecule has 1 heterocycles. The van der Waals surface area contributed by atoms with Gasteiger partial charge in [0.05, 0.1) is 24.4 Å². The molecule has 0 amide bonds. The molecule has 1 aliphatic carbocycles. The molecule has 0 spiro atoms. The molecular formula is C32H31ClFNO3. The number of benzene rings is 3. The predicted octanol–water partition coefficient (Wildman–Crippen LogP) is 7.40. The topological polar surface area (TPSA) is 49.8 Å². The number of halogens is 2. The van der Waals surface area contributed by atoms with Crippen LogP contribution in [0, 0.1) is 0 Å². The van der Waals surface area contributed by atoms with Crippen LogP contribution in [0.3, 0.4) is 0 Å². The SMILES string of the molecule is COc1ccc(C2=C(c3ccc(C=C4CN(CCCF)C4)cc3)c3ccc(C(=O)O)cc3CCC2)c(Cl)c1. The average molecular weight is 532 g/mol. The monoisotopic (exact) mass is 531 g/mol. The van der Waals surface area contributed by atoms with E-state index in [1.165, 1.54) is 5.57 Å². The number of likely N-dealkylation sites (tertiary alicyclic amines) is 1. The lowest BCUT2D eigenvalue weighted by Gasteiger charge is -2.33. The molecule has 196 valence electrons. The van der Waals surface area contributed by atoms with Crippen LogP contribution in [-0.4, -0.2) is 49.4 Å². The number of methoxy groups -OCH3 is 1. The molecule has 1 N–H and O–H groups in total. The summed E-state index contributed by atoms with van der Waals surface area (Å²) in [6.07, 6.45) is 5.30. The minimum Gasteiger partial charge on any atom is -0.497 e. The van der Waals surface area contributed by atoms with Crippen molar-refractivity contribution in [1.82, 2.24) is 4.90 Å². The molecule has 4 nitrogen and oxygen atoms in total. The van der Waals surface area contributed by atoms with Crippen LogP contribution in [-0.2, 0) is 6.42 Å².